The first-order valence-electron chi connectivity index (χ1n) is 5.89. The van der Waals surface area contributed by atoms with E-state index in [-0.39, 0.29) is 5.78 Å². The molecular formula is C14H14Cl2N2O. The second-order valence-corrected chi connectivity index (χ2v) is 5.27. The van der Waals surface area contributed by atoms with E-state index in [1.54, 1.807) is 29.8 Å². The van der Waals surface area contributed by atoms with Crippen LogP contribution in [-0.4, -0.2) is 15.6 Å². The van der Waals surface area contributed by atoms with Gasteiger partial charge in [0.1, 0.15) is 0 Å². The van der Waals surface area contributed by atoms with Crippen LogP contribution in [0.25, 0.3) is 0 Å². The minimum atomic E-state index is 0.0199. The molecule has 0 aliphatic heterocycles. The van der Waals surface area contributed by atoms with Crippen molar-refractivity contribution in [3.8, 4) is 0 Å². The van der Waals surface area contributed by atoms with Crippen LogP contribution in [0.2, 0.25) is 10.0 Å². The van der Waals surface area contributed by atoms with Gasteiger partial charge in [-0.2, -0.15) is 5.10 Å². The summed E-state index contributed by atoms with van der Waals surface area (Å²) in [6.07, 6.45) is 0. The maximum Gasteiger partial charge on any atom is 0.163 e. The Hall–Kier alpha value is -1.32. The number of aryl methyl sites for hydroxylation is 1. The molecule has 1 heterocycles. The van der Waals surface area contributed by atoms with Crippen LogP contribution < -0.4 is 0 Å². The van der Waals surface area contributed by atoms with Crippen LogP contribution in [0.4, 0.5) is 0 Å². The third-order valence-corrected chi connectivity index (χ3v) is 3.81. The summed E-state index contributed by atoms with van der Waals surface area (Å²) in [6, 6.07) is 5.39. The van der Waals surface area contributed by atoms with Crippen LogP contribution in [0, 0.1) is 13.8 Å². The molecular weight excluding hydrogens is 283 g/mol. The Morgan fingerprint density at radius 2 is 1.84 bits per heavy atom. The number of Topliss-reactive ketones (excluding diaryl/α,β-unsaturated/α-hetero) is 1. The van der Waals surface area contributed by atoms with Gasteiger partial charge in [0.15, 0.2) is 5.78 Å². The van der Waals surface area contributed by atoms with Crippen molar-refractivity contribution in [2.75, 3.05) is 0 Å². The molecule has 0 unspecified atom stereocenters. The van der Waals surface area contributed by atoms with Crippen molar-refractivity contribution in [3.05, 3.63) is 50.8 Å². The number of carbonyl (C=O) groups excluding carboxylic acids is 1. The fourth-order valence-corrected chi connectivity index (χ4v) is 2.71. The van der Waals surface area contributed by atoms with E-state index in [2.05, 4.69) is 5.10 Å². The lowest BCUT2D eigenvalue weighted by molar-refractivity contribution is 0.101. The Kier molecular flexibility index (Phi) is 3.97. The number of ketones is 1. The second-order valence-electron chi connectivity index (χ2n) is 4.46. The third-order valence-electron chi connectivity index (χ3n) is 3.10. The summed E-state index contributed by atoms with van der Waals surface area (Å²) in [5, 5.41) is 5.59. The van der Waals surface area contributed by atoms with Crippen molar-refractivity contribution < 1.29 is 4.79 Å². The van der Waals surface area contributed by atoms with Gasteiger partial charge >= 0.3 is 0 Å². The summed E-state index contributed by atoms with van der Waals surface area (Å²) in [5.74, 6) is 0.0199. The molecule has 0 radical (unpaired) electrons. The van der Waals surface area contributed by atoms with Crippen LogP contribution in [-0.2, 0) is 6.54 Å². The lowest BCUT2D eigenvalue weighted by Crippen LogP contribution is -2.06. The van der Waals surface area contributed by atoms with E-state index in [4.69, 9.17) is 23.2 Å². The fraction of sp³-hybridized carbons (Fsp3) is 0.286. The molecule has 1 aromatic carbocycles. The first-order valence-corrected chi connectivity index (χ1v) is 6.65. The van der Waals surface area contributed by atoms with Crippen molar-refractivity contribution in [3.63, 3.8) is 0 Å². The van der Waals surface area contributed by atoms with Crippen LogP contribution in [0.3, 0.4) is 0 Å². The number of rotatable bonds is 3. The molecule has 0 amide bonds. The molecule has 0 saturated heterocycles. The standard InChI is InChI=1S/C14H14Cl2N2O/c1-8-14(10(3)19)9(2)18(17-8)7-11-12(15)5-4-6-13(11)16/h4-6H,7H2,1-3H3. The summed E-state index contributed by atoms with van der Waals surface area (Å²) in [7, 11) is 0. The van der Waals surface area contributed by atoms with Crippen molar-refractivity contribution in [1.82, 2.24) is 9.78 Å². The van der Waals surface area contributed by atoms with Crippen LogP contribution >= 0.6 is 23.2 Å². The molecule has 0 saturated carbocycles. The van der Waals surface area contributed by atoms with Crippen LogP contribution in [0.15, 0.2) is 18.2 Å². The SMILES string of the molecule is CC(=O)c1c(C)nn(Cc2c(Cl)cccc2Cl)c1C. The van der Waals surface area contributed by atoms with Gasteiger partial charge < -0.3 is 0 Å². The Morgan fingerprint density at radius 3 is 2.32 bits per heavy atom. The summed E-state index contributed by atoms with van der Waals surface area (Å²) in [6.45, 7) is 5.71. The molecule has 0 aliphatic carbocycles. The van der Waals surface area contributed by atoms with Gasteiger partial charge in [0, 0.05) is 21.3 Å². The minimum absolute atomic E-state index is 0.0199. The highest BCUT2D eigenvalue weighted by Crippen LogP contribution is 2.26. The quantitative estimate of drug-likeness (QED) is 0.801. The zero-order valence-corrected chi connectivity index (χ0v) is 12.5. The third kappa shape index (κ3) is 2.67. The average Bonchev–Trinajstić information content (AvgIpc) is 2.59. The van der Waals surface area contributed by atoms with Gasteiger partial charge in [0.25, 0.3) is 0 Å². The molecule has 19 heavy (non-hydrogen) atoms. The smallest absolute Gasteiger partial charge is 0.163 e. The number of nitrogens with zero attached hydrogens (tertiary/aromatic N) is 2. The predicted octanol–water partition coefficient (Wildman–Crippen LogP) is 4.06. The lowest BCUT2D eigenvalue weighted by atomic mass is 10.1. The maximum absolute atomic E-state index is 11.6. The maximum atomic E-state index is 11.6. The lowest BCUT2D eigenvalue weighted by Gasteiger charge is -2.09. The molecule has 2 aromatic rings. The van der Waals surface area contributed by atoms with E-state index in [1.807, 2.05) is 13.8 Å². The van der Waals surface area contributed by atoms with E-state index < -0.39 is 0 Å². The molecule has 1 aromatic heterocycles. The fourth-order valence-electron chi connectivity index (χ4n) is 2.19. The Balaban J connectivity index is 2.45. The van der Waals surface area contributed by atoms with Gasteiger partial charge in [-0.1, -0.05) is 29.3 Å². The van der Waals surface area contributed by atoms with Crippen molar-refractivity contribution in [2.24, 2.45) is 0 Å². The van der Waals surface area contributed by atoms with Gasteiger partial charge in [-0.05, 0) is 32.9 Å². The molecule has 0 spiro atoms. The highest BCUT2D eigenvalue weighted by molar-refractivity contribution is 6.35. The summed E-state index contributed by atoms with van der Waals surface area (Å²) >= 11 is 12.3. The second kappa shape index (κ2) is 5.35. The largest absolute Gasteiger partial charge is 0.294 e. The summed E-state index contributed by atoms with van der Waals surface area (Å²) in [4.78, 5) is 11.6. The zero-order chi connectivity index (χ0) is 14.2. The number of benzene rings is 1. The molecule has 0 atom stereocenters. The van der Waals surface area contributed by atoms with E-state index in [1.165, 1.54) is 0 Å². The zero-order valence-electron chi connectivity index (χ0n) is 11.0. The first kappa shape index (κ1) is 14.1. The van der Waals surface area contributed by atoms with E-state index in [0.29, 0.717) is 22.2 Å². The Labute approximate surface area is 122 Å². The number of halogens is 2. The molecule has 0 aliphatic rings. The Morgan fingerprint density at radius 1 is 1.26 bits per heavy atom. The van der Waals surface area contributed by atoms with E-state index in [9.17, 15) is 4.79 Å². The van der Waals surface area contributed by atoms with E-state index >= 15 is 0 Å². The van der Waals surface area contributed by atoms with E-state index in [0.717, 1.165) is 17.0 Å². The average molecular weight is 297 g/mol. The minimum Gasteiger partial charge on any atom is -0.294 e. The molecule has 0 fully saturated rings. The van der Waals surface area contributed by atoms with Crippen LogP contribution in [0.1, 0.15) is 34.2 Å². The topological polar surface area (TPSA) is 34.9 Å². The van der Waals surface area contributed by atoms with Gasteiger partial charge in [-0.15, -0.1) is 0 Å². The predicted molar refractivity (Wildman–Crippen MR) is 77.3 cm³/mol. The molecule has 100 valence electrons. The Bertz CT molecular complexity index is 627. The van der Waals surface area contributed by atoms with Gasteiger partial charge in [-0.3, -0.25) is 9.48 Å². The van der Waals surface area contributed by atoms with Crippen molar-refractivity contribution in [1.29, 1.82) is 0 Å². The van der Waals surface area contributed by atoms with Gasteiger partial charge in [0.2, 0.25) is 0 Å². The normalized spacial score (nSPS) is 10.8. The molecule has 0 bridgehead atoms. The van der Waals surface area contributed by atoms with Crippen molar-refractivity contribution in [2.45, 2.75) is 27.3 Å². The van der Waals surface area contributed by atoms with Crippen molar-refractivity contribution >= 4 is 29.0 Å². The highest BCUT2D eigenvalue weighted by Gasteiger charge is 2.16. The number of carbonyl (C=O) groups is 1. The summed E-state index contributed by atoms with van der Waals surface area (Å²) < 4.78 is 1.76. The molecule has 3 nitrogen and oxygen atoms in total. The van der Waals surface area contributed by atoms with Crippen LogP contribution in [0.5, 0.6) is 0 Å². The number of aromatic nitrogens is 2. The monoisotopic (exact) mass is 296 g/mol. The number of hydrogen-bond donors (Lipinski definition) is 0. The summed E-state index contributed by atoms with van der Waals surface area (Å²) in [5.41, 5.74) is 3.05. The first-order chi connectivity index (χ1) is 8.91. The molecule has 2 rings (SSSR count). The molecule has 5 heteroatoms. The highest BCUT2D eigenvalue weighted by atomic mass is 35.5. The molecule has 0 N–H and O–H groups in total. The van der Waals surface area contributed by atoms with Gasteiger partial charge in [0.05, 0.1) is 17.8 Å². The van der Waals surface area contributed by atoms with Gasteiger partial charge in [-0.25, -0.2) is 0 Å². The number of hydrogen-bond acceptors (Lipinski definition) is 2.